The van der Waals surface area contributed by atoms with Crippen LogP contribution in [0.25, 0.3) is 0 Å². The molecule has 0 aliphatic rings. The summed E-state index contributed by atoms with van der Waals surface area (Å²) in [5.74, 6) is 0. The minimum atomic E-state index is 1.10. The molecule has 1 aromatic carbocycles. The van der Waals surface area contributed by atoms with Crippen molar-refractivity contribution < 1.29 is 0 Å². The molecule has 0 aromatic heterocycles. The van der Waals surface area contributed by atoms with E-state index in [1.54, 1.807) is 0 Å². The molecule has 0 saturated carbocycles. The minimum absolute atomic E-state index is 1.10. The van der Waals surface area contributed by atoms with Crippen LogP contribution >= 0.6 is 0 Å². The van der Waals surface area contributed by atoms with Crippen LogP contribution in [0, 0.1) is 0 Å². The van der Waals surface area contributed by atoms with Crippen LogP contribution in [-0.2, 0) is 6.42 Å². The number of hydrogen-bond donors (Lipinski definition) is 0. The van der Waals surface area contributed by atoms with Crippen molar-refractivity contribution in [3.63, 3.8) is 0 Å². The van der Waals surface area contributed by atoms with Crippen LogP contribution in [0.4, 0.5) is 0 Å². The SMILES string of the molecule is C=C(C)CCc1ccccc1.CC.CC.CCC. The molecule has 0 N–H and O–H groups in total. The molecule has 0 unspecified atom stereocenters. The summed E-state index contributed by atoms with van der Waals surface area (Å²) in [7, 11) is 0. The van der Waals surface area contributed by atoms with Gasteiger partial charge < -0.3 is 0 Å². The van der Waals surface area contributed by atoms with Gasteiger partial charge in [-0.05, 0) is 25.3 Å². The van der Waals surface area contributed by atoms with Gasteiger partial charge in [-0.15, -0.1) is 6.58 Å². The number of benzene rings is 1. The van der Waals surface area contributed by atoms with Crippen LogP contribution in [-0.4, -0.2) is 0 Å². The standard InChI is InChI=1S/C11H14.C3H8.2C2H6/c1-10(2)8-9-11-6-4-3-5-7-11;1-3-2;2*1-2/h3-7H,1,8-9H2,2H3;3H2,1-2H3;2*1-2H3. The first kappa shape index (κ1) is 22.2. The van der Waals surface area contributed by atoms with Crippen molar-refractivity contribution in [1.29, 1.82) is 0 Å². The van der Waals surface area contributed by atoms with Gasteiger partial charge in [-0.1, -0.05) is 83.9 Å². The largest absolute Gasteiger partial charge is 0.100 e. The predicted molar refractivity (Wildman–Crippen MR) is 88.2 cm³/mol. The van der Waals surface area contributed by atoms with Crippen molar-refractivity contribution in [1.82, 2.24) is 0 Å². The average Bonchev–Trinajstić information content (AvgIpc) is 2.43. The smallest absolute Gasteiger partial charge is 0.0242 e. The molecule has 0 aliphatic heterocycles. The second kappa shape index (κ2) is 21.3. The maximum absolute atomic E-state index is 3.87. The van der Waals surface area contributed by atoms with E-state index in [0.717, 1.165) is 12.8 Å². The highest BCUT2D eigenvalue weighted by molar-refractivity contribution is 5.15. The van der Waals surface area contributed by atoms with Crippen LogP contribution in [0.15, 0.2) is 42.5 Å². The molecule has 0 heterocycles. The van der Waals surface area contributed by atoms with Gasteiger partial charge >= 0.3 is 0 Å². The van der Waals surface area contributed by atoms with Gasteiger partial charge in [-0.2, -0.15) is 0 Å². The summed E-state index contributed by atoms with van der Waals surface area (Å²) in [6.45, 7) is 18.2. The van der Waals surface area contributed by atoms with E-state index < -0.39 is 0 Å². The summed E-state index contributed by atoms with van der Waals surface area (Å²) in [5.41, 5.74) is 2.66. The zero-order valence-corrected chi connectivity index (χ0v) is 13.7. The van der Waals surface area contributed by atoms with Crippen molar-refractivity contribution >= 4 is 0 Å². The Morgan fingerprint density at radius 3 is 1.67 bits per heavy atom. The molecule has 106 valence electrons. The van der Waals surface area contributed by atoms with Gasteiger partial charge in [0.1, 0.15) is 0 Å². The molecule has 0 spiro atoms. The average molecular weight is 250 g/mol. The van der Waals surface area contributed by atoms with Gasteiger partial charge in [0, 0.05) is 0 Å². The fourth-order valence-corrected chi connectivity index (χ4v) is 1.00. The maximum Gasteiger partial charge on any atom is -0.0242 e. The van der Waals surface area contributed by atoms with Crippen LogP contribution in [0.2, 0.25) is 0 Å². The zero-order valence-electron chi connectivity index (χ0n) is 13.7. The second-order valence-corrected chi connectivity index (χ2v) is 3.65. The summed E-state index contributed by atoms with van der Waals surface area (Å²) in [6.07, 6.45) is 3.47. The van der Waals surface area contributed by atoms with E-state index in [0.29, 0.717) is 0 Å². The van der Waals surface area contributed by atoms with E-state index in [4.69, 9.17) is 0 Å². The van der Waals surface area contributed by atoms with Gasteiger partial charge in [0.2, 0.25) is 0 Å². The molecule has 18 heavy (non-hydrogen) atoms. The lowest BCUT2D eigenvalue weighted by atomic mass is 10.1. The third kappa shape index (κ3) is 20.4. The van der Waals surface area contributed by atoms with Crippen LogP contribution in [0.1, 0.15) is 66.9 Å². The lowest BCUT2D eigenvalue weighted by Crippen LogP contribution is -1.83. The number of aryl methyl sites for hydroxylation is 1. The van der Waals surface area contributed by atoms with Gasteiger partial charge in [0.15, 0.2) is 0 Å². The van der Waals surface area contributed by atoms with E-state index in [1.807, 2.05) is 33.8 Å². The van der Waals surface area contributed by atoms with Crippen molar-refractivity contribution in [3.05, 3.63) is 48.0 Å². The minimum Gasteiger partial charge on any atom is -0.100 e. The Labute approximate surface area is 116 Å². The Hall–Kier alpha value is -1.04. The second-order valence-electron chi connectivity index (χ2n) is 3.65. The van der Waals surface area contributed by atoms with E-state index in [1.165, 1.54) is 17.6 Å². The van der Waals surface area contributed by atoms with E-state index in [9.17, 15) is 0 Å². The Morgan fingerprint density at radius 2 is 1.33 bits per heavy atom. The highest BCUT2D eigenvalue weighted by Gasteiger charge is 1.90. The molecule has 0 fully saturated rings. The van der Waals surface area contributed by atoms with Crippen LogP contribution in [0.5, 0.6) is 0 Å². The van der Waals surface area contributed by atoms with Crippen molar-refractivity contribution in [3.8, 4) is 0 Å². The van der Waals surface area contributed by atoms with Gasteiger partial charge in [-0.25, -0.2) is 0 Å². The zero-order chi connectivity index (χ0) is 14.8. The molecule has 0 amide bonds. The molecule has 0 radical (unpaired) electrons. The number of allylic oxidation sites excluding steroid dienone is 1. The molecule has 0 aliphatic carbocycles. The highest BCUT2D eigenvalue weighted by atomic mass is 14.0. The summed E-state index contributed by atoms with van der Waals surface area (Å²) >= 11 is 0. The van der Waals surface area contributed by atoms with Gasteiger partial charge in [-0.3, -0.25) is 0 Å². The normalized spacial score (nSPS) is 7.50. The lowest BCUT2D eigenvalue weighted by molar-refractivity contribution is 0.946. The topological polar surface area (TPSA) is 0 Å². The van der Waals surface area contributed by atoms with E-state index >= 15 is 0 Å². The Morgan fingerprint density at radius 1 is 0.944 bits per heavy atom. The first-order valence-corrected chi connectivity index (χ1v) is 7.39. The summed E-state index contributed by atoms with van der Waals surface area (Å²) < 4.78 is 0. The van der Waals surface area contributed by atoms with E-state index in [-0.39, 0.29) is 0 Å². The predicted octanol–water partition coefficient (Wildman–Crippen LogP) is 6.66. The third-order valence-electron chi connectivity index (χ3n) is 1.68. The molecule has 0 bridgehead atoms. The molecular formula is C18H34. The fraction of sp³-hybridized carbons (Fsp3) is 0.556. The maximum atomic E-state index is 3.87. The molecule has 1 aromatic rings. The molecule has 0 nitrogen and oxygen atoms in total. The lowest BCUT2D eigenvalue weighted by Gasteiger charge is -1.98. The van der Waals surface area contributed by atoms with Gasteiger partial charge in [0.25, 0.3) is 0 Å². The molecule has 0 saturated heterocycles. The third-order valence-corrected chi connectivity index (χ3v) is 1.68. The molecular weight excluding hydrogens is 216 g/mol. The molecule has 0 heteroatoms. The van der Waals surface area contributed by atoms with Crippen molar-refractivity contribution in [2.75, 3.05) is 0 Å². The Balaban J connectivity index is -0.000000274. The first-order chi connectivity index (χ1) is 8.70. The summed E-state index contributed by atoms with van der Waals surface area (Å²) in [5, 5.41) is 0. The Bertz CT molecular complexity index is 233. The van der Waals surface area contributed by atoms with Crippen LogP contribution < -0.4 is 0 Å². The van der Waals surface area contributed by atoms with E-state index in [2.05, 4.69) is 51.6 Å². The van der Waals surface area contributed by atoms with Gasteiger partial charge in [0.05, 0.1) is 0 Å². The number of hydrogen-bond acceptors (Lipinski definition) is 0. The fourth-order valence-electron chi connectivity index (χ4n) is 1.00. The monoisotopic (exact) mass is 250 g/mol. The molecule has 0 atom stereocenters. The van der Waals surface area contributed by atoms with Crippen molar-refractivity contribution in [2.24, 2.45) is 0 Å². The first-order valence-electron chi connectivity index (χ1n) is 7.39. The summed E-state index contributed by atoms with van der Waals surface area (Å²) in [6, 6.07) is 10.5. The summed E-state index contributed by atoms with van der Waals surface area (Å²) in [4.78, 5) is 0. The van der Waals surface area contributed by atoms with Crippen molar-refractivity contribution in [2.45, 2.75) is 67.7 Å². The van der Waals surface area contributed by atoms with Crippen LogP contribution in [0.3, 0.4) is 0 Å². The quantitative estimate of drug-likeness (QED) is 0.526. The number of rotatable bonds is 3. The highest BCUT2D eigenvalue weighted by Crippen LogP contribution is 2.06. The molecule has 1 rings (SSSR count). The Kier molecular flexibility index (Phi) is 26.2.